The molecule has 1 aliphatic carbocycles. The minimum atomic E-state index is -3.41. The van der Waals surface area contributed by atoms with Gasteiger partial charge in [-0.2, -0.15) is 0 Å². The minimum absolute atomic E-state index is 0.0141. The van der Waals surface area contributed by atoms with Crippen molar-refractivity contribution in [1.29, 1.82) is 0 Å². The third kappa shape index (κ3) is 2.85. The molecule has 1 heterocycles. The Kier molecular flexibility index (Phi) is 3.82. The van der Waals surface area contributed by atoms with Crippen LogP contribution in [0.15, 0.2) is 21.7 Å². The summed E-state index contributed by atoms with van der Waals surface area (Å²) in [7, 11) is -3.41. The highest BCUT2D eigenvalue weighted by atomic mass is 32.2. The maximum atomic E-state index is 12.0. The summed E-state index contributed by atoms with van der Waals surface area (Å²) in [5, 5.41) is 1.74. The number of nitrogens with two attached hydrogens (primary N) is 1. The Hall–Kier alpha value is -0.500. The van der Waals surface area contributed by atoms with E-state index >= 15 is 0 Å². The molecule has 0 saturated heterocycles. The van der Waals surface area contributed by atoms with Crippen molar-refractivity contribution in [2.45, 2.75) is 29.5 Å². The fraction of sp³-hybridized carbons (Fsp3) is 0.500. The normalized spacial score (nSPS) is 24.9. The summed E-state index contributed by atoms with van der Waals surface area (Å²) >= 11 is 6.18. The zero-order valence-electron chi connectivity index (χ0n) is 9.13. The van der Waals surface area contributed by atoms with E-state index in [1.165, 1.54) is 11.3 Å². The molecule has 1 aromatic rings. The van der Waals surface area contributed by atoms with Gasteiger partial charge in [-0.05, 0) is 24.3 Å². The van der Waals surface area contributed by atoms with Crippen LogP contribution in [0, 0.1) is 5.92 Å². The molecule has 7 heteroatoms. The van der Waals surface area contributed by atoms with Crippen molar-refractivity contribution in [2.75, 3.05) is 0 Å². The summed E-state index contributed by atoms with van der Waals surface area (Å²) < 4.78 is 27.1. The lowest BCUT2D eigenvalue weighted by molar-refractivity contribution is 0.526. The smallest absolute Gasteiger partial charge is 0.250 e. The van der Waals surface area contributed by atoms with Gasteiger partial charge in [0.15, 0.2) is 0 Å². The first kappa shape index (κ1) is 12.9. The van der Waals surface area contributed by atoms with Crippen molar-refractivity contribution in [2.24, 2.45) is 11.7 Å². The van der Waals surface area contributed by atoms with Crippen LogP contribution in [-0.2, 0) is 10.0 Å². The molecule has 3 N–H and O–H groups in total. The van der Waals surface area contributed by atoms with Crippen molar-refractivity contribution < 1.29 is 8.42 Å². The highest BCUT2D eigenvalue weighted by molar-refractivity contribution is 7.91. The molecular formula is C10H14N2O2S3. The van der Waals surface area contributed by atoms with Gasteiger partial charge >= 0.3 is 0 Å². The first-order chi connectivity index (χ1) is 8.00. The van der Waals surface area contributed by atoms with Gasteiger partial charge in [-0.25, -0.2) is 13.1 Å². The van der Waals surface area contributed by atoms with E-state index in [1.54, 1.807) is 17.5 Å². The predicted molar refractivity (Wildman–Crippen MR) is 72.6 cm³/mol. The van der Waals surface area contributed by atoms with Crippen molar-refractivity contribution in [3.05, 3.63) is 17.5 Å². The second-order valence-electron chi connectivity index (χ2n) is 4.10. The summed E-state index contributed by atoms with van der Waals surface area (Å²) in [6.07, 6.45) is 2.62. The van der Waals surface area contributed by atoms with Gasteiger partial charge < -0.3 is 5.73 Å². The van der Waals surface area contributed by atoms with Crippen LogP contribution in [0.1, 0.15) is 19.3 Å². The van der Waals surface area contributed by atoms with Gasteiger partial charge in [0.1, 0.15) is 4.21 Å². The van der Waals surface area contributed by atoms with E-state index in [0.29, 0.717) is 9.20 Å². The van der Waals surface area contributed by atoms with Crippen LogP contribution in [-0.4, -0.2) is 19.4 Å². The first-order valence-corrected chi connectivity index (χ1v) is 8.13. The third-order valence-electron chi connectivity index (χ3n) is 2.95. The van der Waals surface area contributed by atoms with E-state index in [9.17, 15) is 8.42 Å². The monoisotopic (exact) mass is 290 g/mol. The number of rotatable bonds is 4. The summed E-state index contributed by atoms with van der Waals surface area (Å²) in [5.74, 6) is -0.0141. The summed E-state index contributed by atoms with van der Waals surface area (Å²) in [4.78, 5) is 0.404. The third-order valence-corrected chi connectivity index (χ3v) is 6.14. The van der Waals surface area contributed by atoms with Crippen LogP contribution in [0.5, 0.6) is 0 Å². The van der Waals surface area contributed by atoms with Crippen molar-refractivity contribution in [1.82, 2.24) is 4.72 Å². The number of sulfonamides is 1. The number of hydrogen-bond donors (Lipinski definition) is 2. The van der Waals surface area contributed by atoms with Gasteiger partial charge in [0, 0.05) is 12.0 Å². The molecule has 1 fully saturated rings. The Morgan fingerprint density at radius 1 is 1.53 bits per heavy atom. The lowest BCUT2D eigenvalue weighted by Gasteiger charge is -2.19. The number of thiocarbonyl (C=S) groups is 1. The Labute approximate surface area is 110 Å². The van der Waals surface area contributed by atoms with Crippen LogP contribution in [0.3, 0.4) is 0 Å². The van der Waals surface area contributed by atoms with Gasteiger partial charge in [0.05, 0.1) is 4.99 Å². The largest absolute Gasteiger partial charge is 0.393 e. The molecule has 0 radical (unpaired) electrons. The van der Waals surface area contributed by atoms with Crippen molar-refractivity contribution in [3.63, 3.8) is 0 Å². The molecule has 0 aliphatic heterocycles. The fourth-order valence-corrected chi connectivity index (χ4v) is 4.72. The molecule has 4 nitrogen and oxygen atoms in total. The van der Waals surface area contributed by atoms with E-state index < -0.39 is 10.0 Å². The highest BCUT2D eigenvalue weighted by Gasteiger charge is 2.33. The Morgan fingerprint density at radius 2 is 2.29 bits per heavy atom. The number of thiophene rings is 1. The molecule has 1 aromatic heterocycles. The lowest BCUT2D eigenvalue weighted by atomic mass is 10.1. The first-order valence-electron chi connectivity index (χ1n) is 5.36. The minimum Gasteiger partial charge on any atom is -0.393 e. The standard InChI is InChI=1S/C10H14N2O2S3/c11-10(15)7-3-1-4-8(7)12-17(13,14)9-5-2-6-16-9/h2,5-8,12H,1,3-4H2,(H2,11,15). The van der Waals surface area contributed by atoms with Gasteiger partial charge in [0.2, 0.25) is 10.0 Å². The molecule has 2 atom stereocenters. The van der Waals surface area contributed by atoms with E-state index in [1.807, 2.05) is 0 Å². The molecule has 0 aromatic carbocycles. The molecule has 1 aliphatic rings. The van der Waals surface area contributed by atoms with Crippen LogP contribution in [0.2, 0.25) is 0 Å². The van der Waals surface area contributed by atoms with Crippen molar-refractivity contribution >= 4 is 38.6 Å². The van der Waals surface area contributed by atoms with Gasteiger partial charge in [0.25, 0.3) is 0 Å². The summed E-state index contributed by atoms with van der Waals surface area (Å²) in [5.41, 5.74) is 5.62. The number of nitrogens with one attached hydrogen (secondary N) is 1. The molecule has 94 valence electrons. The molecule has 0 spiro atoms. The number of hydrogen-bond acceptors (Lipinski definition) is 4. The summed E-state index contributed by atoms with van der Waals surface area (Å²) in [6, 6.07) is 3.16. The second-order valence-corrected chi connectivity index (χ2v) is 7.46. The topological polar surface area (TPSA) is 72.2 Å². The van der Waals surface area contributed by atoms with Crippen LogP contribution in [0.25, 0.3) is 0 Å². The van der Waals surface area contributed by atoms with Gasteiger partial charge in [-0.3, -0.25) is 0 Å². The highest BCUT2D eigenvalue weighted by Crippen LogP contribution is 2.28. The molecule has 17 heavy (non-hydrogen) atoms. The van der Waals surface area contributed by atoms with Gasteiger partial charge in [-0.15, -0.1) is 11.3 Å². The lowest BCUT2D eigenvalue weighted by Crippen LogP contribution is -2.41. The van der Waals surface area contributed by atoms with Crippen LogP contribution in [0.4, 0.5) is 0 Å². The average Bonchev–Trinajstić information content (AvgIpc) is 2.85. The average molecular weight is 290 g/mol. The van der Waals surface area contributed by atoms with E-state index in [4.69, 9.17) is 18.0 Å². The van der Waals surface area contributed by atoms with Crippen molar-refractivity contribution in [3.8, 4) is 0 Å². The Morgan fingerprint density at radius 3 is 2.88 bits per heavy atom. The zero-order chi connectivity index (χ0) is 12.5. The zero-order valence-corrected chi connectivity index (χ0v) is 11.6. The van der Waals surface area contributed by atoms with Gasteiger partial charge in [-0.1, -0.05) is 24.7 Å². The second kappa shape index (κ2) is 5.01. The predicted octanol–water partition coefficient (Wildman–Crippen LogP) is 1.48. The quantitative estimate of drug-likeness (QED) is 0.824. The van der Waals surface area contributed by atoms with E-state index in [-0.39, 0.29) is 12.0 Å². The molecule has 2 unspecified atom stereocenters. The maximum absolute atomic E-state index is 12.0. The van der Waals surface area contributed by atoms with Crippen LogP contribution >= 0.6 is 23.6 Å². The Balaban J connectivity index is 2.14. The molecule has 1 saturated carbocycles. The molecular weight excluding hydrogens is 276 g/mol. The SMILES string of the molecule is NC(=S)C1CCCC1NS(=O)(=O)c1cccs1. The maximum Gasteiger partial charge on any atom is 0.250 e. The Bertz CT molecular complexity index is 496. The van der Waals surface area contributed by atoms with E-state index in [2.05, 4.69) is 4.72 Å². The summed E-state index contributed by atoms with van der Waals surface area (Å²) in [6.45, 7) is 0. The fourth-order valence-electron chi connectivity index (χ4n) is 2.12. The van der Waals surface area contributed by atoms with Crippen LogP contribution < -0.4 is 10.5 Å². The molecule has 0 amide bonds. The molecule has 0 bridgehead atoms. The molecule has 2 rings (SSSR count). The van der Waals surface area contributed by atoms with E-state index in [0.717, 1.165) is 19.3 Å².